The van der Waals surface area contributed by atoms with Crippen molar-refractivity contribution in [3.63, 3.8) is 0 Å². The van der Waals surface area contributed by atoms with Crippen LogP contribution >= 0.6 is 31.9 Å². The highest BCUT2D eigenvalue weighted by atomic mass is 79.9. The lowest BCUT2D eigenvalue weighted by atomic mass is 10.0. The molecule has 5 nitrogen and oxygen atoms in total. The van der Waals surface area contributed by atoms with Gasteiger partial charge in [-0.2, -0.15) is 0 Å². The van der Waals surface area contributed by atoms with Crippen LogP contribution in [0, 0.1) is 0 Å². The number of fused-ring (bicyclic) bond motifs is 1. The molecule has 1 heterocycles. The van der Waals surface area contributed by atoms with E-state index in [1.54, 1.807) is 24.3 Å². The molecule has 0 aromatic heterocycles. The monoisotopic (exact) mass is 541 g/mol. The van der Waals surface area contributed by atoms with E-state index in [0.29, 0.717) is 26.0 Å². The highest BCUT2D eigenvalue weighted by Crippen LogP contribution is 2.41. The molecular formula is C24H17Br2NO4. The minimum absolute atomic E-state index is 0.0368. The molecule has 0 bridgehead atoms. The van der Waals surface area contributed by atoms with Crippen molar-refractivity contribution in [1.82, 2.24) is 0 Å². The molecule has 1 atom stereocenters. The van der Waals surface area contributed by atoms with E-state index in [0.717, 1.165) is 16.8 Å². The molecule has 31 heavy (non-hydrogen) atoms. The predicted octanol–water partition coefficient (Wildman–Crippen LogP) is 6.68. The van der Waals surface area contributed by atoms with Gasteiger partial charge in [0.05, 0.1) is 20.4 Å². The van der Waals surface area contributed by atoms with Gasteiger partial charge in [-0.1, -0.05) is 30.3 Å². The molecule has 0 saturated carbocycles. The van der Waals surface area contributed by atoms with Crippen LogP contribution in [0.3, 0.4) is 0 Å². The molecule has 0 aliphatic carbocycles. The summed E-state index contributed by atoms with van der Waals surface area (Å²) in [5.74, 6) is -0.215. The predicted molar refractivity (Wildman–Crippen MR) is 127 cm³/mol. The lowest BCUT2D eigenvalue weighted by Gasteiger charge is -2.14. The number of halogens is 2. The Hall–Kier alpha value is -2.90. The van der Waals surface area contributed by atoms with Crippen LogP contribution in [-0.2, 0) is 9.59 Å². The molecule has 4 rings (SSSR count). The van der Waals surface area contributed by atoms with Crippen molar-refractivity contribution in [2.45, 2.75) is 12.8 Å². The molecule has 3 aromatic rings. The van der Waals surface area contributed by atoms with Crippen molar-refractivity contribution >= 4 is 61.1 Å². The number of hydrogen-bond acceptors (Lipinski definition) is 3. The van der Waals surface area contributed by atoms with Gasteiger partial charge in [-0.05, 0) is 91.9 Å². The average Bonchev–Trinajstić information content (AvgIpc) is 3.03. The second-order valence-electron chi connectivity index (χ2n) is 7.10. The molecule has 1 aliphatic rings. The number of amides is 1. The number of carbonyl (C=O) groups is 2. The van der Waals surface area contributed by atoms with Crippen LogP contribution in [0.15, 0.2) is 69.6 Å². The molecule has 0 radical (unpaired) electrons. The molecule has 1 aliphatic heterocycles. The number of rotatable bonds is 5. The van der Waals surface area contributed by atoms with Gasteiger partial charge in [0.15, 0.2) is 5.75 Å². The first-order valence-electron chi connectivity index (χ1n) is 9.45. The van der Waals surface area contributed by atoms with Crippen LogP contribution in [0.4, 0.5) is 5.69 Å². The molecule has 2 N–H and O–H groups in total. The Labute approximate surface area is 196 Å². The number of aliphatic carboxylic acids is 1. The Bertz CT molecular complexity index is 1200. The van der Waals surface area contributed by atoms with E-state index in [9.17, 15) is 14.7 Å². The van der Waals surface area contributed by atoms with Gasteiger partial charge in [0, 0.05) is 5.69 Å². The first-order valence-corrected chi connectivity index (χ1v) is 11.0. The van der Waals surface area contributed by atoms with Crippen molar-refractivity contribution in [2.75, 3.05) is 5.32 Å². The van der Waals surface area contributed by atoms with Crippen molar-refractivity contribution < 1.29 is 19.4 Å². The Morgan fingerprint density at radius 3 is 2.39 bits per heavy atom. The van der Waals surface area contributed by atoms with Crippen molar-refractivity contribution in [1.29, 1.82) is 0 Å². The van der Waals surface area contributed by atoms with Gasteiger partial charge >= 0.3 is 5.97 Å². The third kappa shape index (κ3) is 4.43. The van der Waals surface area contributed by atoms with Gasteiger partial charge in [-0.3, -0.25) is 4.79 Å². The lowest BCUT2D eigenvalue weighted by Crippen LogP contribution is -2.08. The number of carboxylic acids is 1. The van der Waals surface area contributed by atoms with Crippen LogP contribution in [0.2, 0.25) is 0 Å². The SMILES string of the molecule is CC1C(=O)Nc2ccc(Oc3c(Br)cc(C(=Cc4ccccc4)C(=O)O)cc3Br)cc21. The van der Waals surface area contributed by atoms with E-state index in [1.165, 1.54) is 0 Å². The maximum absolute atomic E-state index is 11.9. The molecular weight excluding hydrogens is 526 g/mol. The molecule has 3 aromatic carbocycles. The average molecular weight is 543 g/mol. The molecule has 156 valence electrons. The van der Waals surface area contributed by atoms with E-state index in [1.807, 2.05) is 49.4 Å². The summed E-state index contributed by atoms with van der Waals surface area (Å²) in [6.07, 6.45) is 1.63. The second kappa shape index (κ2) is 8.69. The Morgan fingerprint density at radius 2 is 1.74 bits per heavy atom. The molecule has 0 fully saturated rings. The maximum atomic E-state index is 11.9. The van der Waals surface area contributed by atoms with Crippen LogP contribution in [0.1, 0.15) is 29.5 Å². The van der Waals surface area contributed by atoms with Crippen LogP contribution in [-0.4, -0.2) is 17.0 Å². The number of anilines is 1. The zero-order valence-corrected chi connectivity index (χ0v) is 19.5. The fourth-order valence-electron chi connectivity index (χ4n) is 3.37. The molecule has 0 spiro atoms. The summed E-state index contributed by atoms with van der Waals surface area (Å²) in [6.45, 7) is 1.85. The smallest absolute Gasteiger partial charge is 0.336 e. The van der Waals surface area contributed by atoms with Crippen LogP contribution < -0.4 is 10.1 Å². The quantitative estimate of drug-likeness (QED) is 0.278. The summed E-state index contributed by atoms with van der Waals surface area (Å²) in [5, 5.41) is 12.6. The fraction of sp³-hybridized carbons (Fsp3) is 0.0833. The van der Waals surface area contributed by atoms with Gasteiger partial charge in [0.2, 0.25) is 5.91 Å². The molecule has 0 saturated heterocycles. The zero-order valence-electron chi connectivity index (χ0n) is 16.4. The summed E-state index contributed by atoms with van der Waals surface area (Å²) in [7, 11) is 0. The number of nitrogens with one attached hydrogen (secondary N) is 1. The zero-order chi connectivity index (χ0) is 22.1. The summed E-state index contributed by atoms with van der Waals surface area (Å²) >= 11 is 7.00. The number of carbonyl (C=O) groups excluding carboxylic acids is 1. The number of hydrogen-bond donors (Lipinski definition) is 2. The Kier molecular flexibility index (Phi) is 5.98. The van der Waals surface area contributed by atoms with Gasteiger partial charge in [-0.15, -0.1) is 0 Å². The van der Waals surface area contributed by atoms with E-state index in [-0.39, 0.29) is 17.4 Å². The van der Waals surface area contributed by atoms with Gasteiger partial charge < -0.3 is 15.2 Å². The van der Waals surface area contributed by atoms with Gasteiger partial charge in [0.1, 0.15) is 5.75 Å². The normalized spacial score (nSPS) is 15.4. The third-order valence-electron chi connectivity index (χ3n) is 5.01. The summed E-state index contributed by atoms with van der Waals surface area (Å²) in [4.78, 5) is 23.8. The van der Waals surface area contributed by atoms with Crippen molar-refractivity contribution in [2.24, 2.45) is 0 Å². The van der Waals surface area contributed by atoms with Crippen molar-refractivity contribution in [3.05, 3.63) is 86.3 Å². The van der Waals surface area contributed by atoms with Crippen LogP contribution in [0.25, 0.3) is 11.6 Å². The Balaban J connectivity index is 1.67. The van der Waals surface area contributed by atoms with Crippen LogP contribution in [0.5, 0.6) is 11.5 Å². The highest BCUT2D eigenvalue weighted by molar-refractivity contribution is 9.11. The lowest BCUT2D eigenvalue weighted by molar-refractivity contribution is -0.130. The summed E-state index contributed by atoms with van der Waals surface area (Å²) < 4.78 is 7.26. The van der Waals surface area contributed by atoms with E-state index in [4.69, 9.17) is 4.74 Å². The topological polar surface area (TPSA) is 75.6 Å². The Morgan fingerprint density at radius 1 is 1.06 bits per heavy atom. The summed E-state index contributed by atoms with van der Waals surface area (Å²) in [5.41, 5.74) is 3.15. The molecule has 1 unspecified atom stereocenters. The standard InChI is InChI=1S/C24H17Br2NO4/c1-13-17-12-16(7-8-21(17)27-23(13)28)31-22-19(25)10-15(11-20(22)26)18(24(29)30)9-14-5-3-2-4-6-14/h2-13H,1H3,(H,27,28)(H,29,30). The fourth-order valence-corrected chi connectivity index (χ4v) is 4.72. The van der Waals surface area contributed by atoms with Crippen molar-refractivity contribution in [3.8, 4) is 11.5 Å². The molecule has 7 heteroatoms. The highest BCUT2D eigenvalue weighted by Gasteiger charge is 2.27. The minimum Gasteiger partial charge on any atom is -0.478 e. The third-order valence-corrected chi connectivity index (χ3v) is 6.19. The number of benzene rings is 3. The minimum atomic E-state index is -1.03. The summed E-state index contributed by atoms with van der Waals surface area (Å²) in [6, 6.07) is 18.1. The van der Waals surface area contributed by atoms with E-state index in [2.05, 4.69) is 37.2 Å². The second-order valence-corrected chi connectivity index (χ2v) is 8.81. The number of ether oxygens (including phenoxy) is 1. The van der Waals surface area contributed by atoms with E-state index >= 15 is 0 Å². The number of carboxylic acid groups (broad SMARTS) is 1. The van der Waals surface area contributed by atoms with Gasteiger partial charge in [0.25, 0.3) is 0 Å². The van der Waals surface area contributed by atoms with Gasteiger partial charge in [-0.25, -0.2) is 4.79 Å². The largest absolute Gasteiger partial charge is 0.478 e. The first-order chi connectivity index (χ1) is 14.8. The maximum Gasteiger partial charge on any atom is 0.336 e. The van der Waals surface area contributed by atoms with E-state index < -0.39 is 5.97 Å². The first kappa shape index (κ1) is 21.3. The molecule has 1 amide bonds.